The monoisotopic (exact) mass is 316 g/mol. The van der Waals surface area contributed by atoms with Gasteiger partial charge in [-0.1, -0.05) is 17.9 Å². The van der Waals surface area contributed by atoms with Gasteiger partial charge in [0.15, 0.2) is 3.92 Å². The Morgan fingerprint density at radius 1 is 1.35 bits per heavy atom. The molecule has 0 bridgehead atoms. The van der Waals surface area contributed by atoms with Crippen LogP contribution < -0.4 is 4.90 Å². The lowest BCUT2D eigenvalue weighted by Crippen LogP contribution is -2.34. The fraction of sp³-hybridized carbons (Fsp3) is 0.500. The maximum Gasteiger partial charge on any atom is 0.246 e. The van der Waals surface area contributed by atoms with E-state index in [4.69, 9.17) is 0 Å². The van der Waals surface area contributed by atoms with E-state index in [0.29, 0.717) is 6.54 Å². The number of aromatic nitrogens is 2. The summed E-state index contributed by atoms with van der Waals surface area (Å²) >= 11 is 4.82. The first kappa shape index (κ1) is 12.5. The molecule has 1 aromatic heterocycles. The van der Waals surface area contributed by atoms with Gasteiger partial charge in [-0.3, -0.25) is 4.79 Å². The van der Waals surface area contributed by atoms with Crippen LogP contribution >= 0.6 is 27.3 Å². The Morgan fingerprint density at radius 2 is 2.18 bits per heavy atom. The lowest BCUT2D eigenvalue weighted by molar-refractivity contribution is -0.125. The van der Waals surface area contributed by atoms with Gasteiger partial charge in [0.25, 0.3) is 0 Å². The van der Waals surface area contributed by atoms with E-state index in [2.05, 4.69) is 37.6 Å². The van der Waals surface area contributed by atoms with E-state index >= 15 is 0 Å². The summed E-state index contributed by atoms with van der Waals surface area (Å²) in [6.07, 6.45) is 2.31. The molecule has 92 valence electrons. The molecule has 2 heterocycles. The highest BCUT2D eigenvalue weighted by molar-refractivity contribution is 9.11. The van der Waals surface area contributed by atoms with Gasteiger partial charge in [0.05, 0.1) is 0 Å². The minimum absolute atomic E-state index is 0.00490. The molecule has 0 atom stereocenters. The molecule has 17 heavy (non-hydrogen) atoms. The quantitative estimate of drug-likeness (QED) is 0.776. The fourth-order valence-electron chi connectivity index (χ4n) is 1.78. The van der Waals surface area contributed by atoms with Crippen LogP contribution in [0.1, 0.15) is 6.42 Å². The predicted octanol–water partition coefficient (Wildman–Crippen LogP) is 1.53. The number of hydrogen-bond donors (Lipinski definition) is 0. The molecule has 0 spiro atoms. The molecule has 1 aliphatic heterocycles. The van der Waals surface area contributed by atoms with Gasteiger partial charge < -0.3 is 9.80 Å². The van der Waals surface area contributed by atoms with Crippen LogP contribution in [-0.2, 0) is 4.79 Å². The molecule has 0 unspecified atom stereocenters. The molecule has 2 rings (SSSR count). The summed E-state index contributed by atoms with van der Waals surface area (Å²) in [5.41, 5.74) is 0. The van der Waals surface area contributed by atoms with Gasteiger partial charge in [-0.25, -0.2) is 0 Å². The highest BCUT2D eigenvalue weighted by Crippen LogP contribution is 2.24. The van der Waals surface area contributed by atoms with Gasteiger partial charge in [-0.05, 0) is 28.4 Å². The van der Waals surface area contributed by atoms with E-state index < -0.39 is 0 Å². The Hall–Kier alpha value is -0.950. The number of halogens is 1. The van der Waals surface area contributed by atoms with E-state index in [1.807, 2.05) is 4.90 Å². The predicted molar refractivity (Wildman–Crippen MR) is 71.2 cm³/mol. The summed E-state index contributed by atoms with van der Waals surface area (Å²) in [5, 5.41) is 8.94. The van der Waals surface area contributed by atoms with Crippen molar-refractivity contribution in [3.8, 4) is 0 Å². The van der Waals surface area contributed by atoms with Crippen LogP contribution in [0.2, 0.25) is 0 Å². The van der Waals surface area contributed by atoms with Crippen LogP contribution in [-0.4, -0.2) is 47.2 Å². The van der Waals surface area contributed by atoms with Gasteiger partial charge in [0.2, 0.25) is 11.0 Å². The first-order chi connectivity index (χ1) is 8.20. The maximum atomic E-state index is 11.5. The van der Waals surface area contributed by atoms with Crippen LogP contribution in [0, 0.1) is 0 Å². The van der Waals surface area contributed by atoms with Crippen molar-refractivity contribution in [1.29, 1.82) is 0 Å². The number of rotatable bonds is 2. The second-order valence-corrected chi connectivity index (χ2v) is 5.94. The van der Waals surface area contributed by atoms with Crippen molar-refractivity contribution >= 4 is 38.3 Å². The molecule has 0 aliphatic carbocycles. The Labute approximate surface area is 112 Å². The molecule has 1 aromatic rings. The van der Waals surface area contributed by atoms with Crippen molar-refractivity contribution in [2.75, 3.05) is 31.1 Å². The first-order valence-electron chi connectivity index (χ1n) is 5.36. The number of carbonyl (C=O) groups excluding carboxylic acids is 1. The van der Waals surface area contributed by atoms with Gasteiger partial charge in [-0.15, -0.1) is 10.2 Å². The summed E-state index contributed by atoms with van der Waals surface area (Å²) in [7, 11) is 0. The van der Waals surface area contributed by atoms with Gasteiger partial charge >= 0.3 is 0 Å². The Balaban J connectivity index is 2.00. The lowest BCUT2D eigenvalue weighted by Gasteiger charge is -2.20. The Bertz CT molecular complexity index is 422. The molecule has 5 nitrogen and oxygen atoms in total. The summed E-state index contributed by atoms with van der Waals surface area (Å²) in [5.74, 6) is 0.00490. The average Bonchev–Trinajstić information content (AvgIpc) is 2.63. The molecular weight excluding hydrogens is 304 g/mol. The van der Waals surface area contributed by atoms with Crippen LogP contribution in [0.5, 0.6) is 0 Å². The van der Waals surface area contributed by atoms with Gasteiger partial charge in [0.1, 0.15) is 0 Å². The van der Waals surface area contributed by atoms with Crippen LogP contribution in [0.25, 0.3) is 0 Å². The molecular formula is C10H13BrN4OS. The number of nitrogens with zero attached hydrogens (tertiary/aromatic N) is 4. The highest BCUT2D eigenvalue weighted by atomic mass is 79.9. The van der Waals surface area contributed by atoms with Gasteiger partial charge in [0, 0.05) is 26.2 Å². The van der Waals surface area contributed by atoms with Crippen LogP contribution in [0.4, 0.5) is 5.13 Å². The van der Waals surface area contributed by atoms with E-state index in [-0.39, 0.29) is 5.91 Å². The van der Waals surface area contributed by atoms with Crippen molar-refractivity contribution in [1.82, 2.24) is 15.1 Å². The SMILES string of the molecule is C=CC(=O)N1CCCN(c2nnc(Br)s2)CC1. The molecule has 0 aromatic carbocycles. The standard InChI is InChI=1S/C10H13BrN4OS/c1-2-8(16)14-4-3-5-15(7-6-14)10-13-12-9(11)17-10/h2H,1,3-7H2. The van der Waals surface area contributed by atoms with Crippen LogP contribution in [0.15, 0.2) is 16.6 Å². The molecule has 7 heteroatoms. The molecule has 1 fully saturated rings. The number of hydrogen-bond acceptors (Lipinski definition) is 5. The fourth-order valence-corrected chi connectivity index (χ4v) is 2.92. The zero-order valence-corrected chi connectivity index (χ0v) is 11.7. The molecule has 1 amide bonds. The highest BCUT2D eigenvalue weighted by Gasteiger charge is 2.19. The van der Waals surface area contributed by atoms with Gasteiger partial charge in [-0.2, -0.15) is 0 Å². The van der Waals surface area contributed by atoms with Crippen molar-refractivity contribution in [2.45, 2.75) is 6.42 Å². The van der Waals surface area contributed by atoms with Crippen LogP contribution in [0.3, 0.4) is 0 Å². The normalized spacial score (nSPS) is 16.8. The minimum atomic E-state index is 0.00490. The zero-order valence-electron chi connectivity index (χ0n) is 9.30. The largest absolute Gasteiger partial charge is 0.345 e. The Morgan fingerprint density at radius 3 is 2.82 bits per heavy atom. The average molecular weight is 317 g/mol. The van der Waals surface area contributed by atoms with Crippen molar-refractivity contribution in [3.63, 3.8) is 0 Å². The second-order valence-electron chi connectivity index (χ2n) is 3.71. The summed E-state index contributed by atoms with van der Waals surface area (Å²) in [6, 6.07) is 0. The molecule has 0 saturated carbocycles. The second kappa shape index (κ2) is 5.59. The van der Waals surface area contributed by atoms with Crippen molar-refractivity contribution in [2.24, 2.45) is 0 Å². The smallest absolute Gasteiger partial charge is 0.246 e. The van der Waals surface area contributed by atoms with E-state index in [0.717, 1.165) is 35.1 Å². The summed E-state index contributed by atoms with van der Waals surface area (Å²) < 4.78 is 0.788. The third-order valence-corrected chi connectivity index (χ3v) is 4.06. The lowest BCUT2D eigenvalue weighted by atomic mass is 10.4. The Kier molecular flexibility index (Phi) is 4.11. The molecule has 0 radical (unpaired) electrons. The molecule has 1 saturated heterocycles. The minimum Gasteiger partial charge on any atom is -0.345 e. The first-order valence-corrected chi connectivity index (χ1v) is 6.97. The third-order valence-electron chi connectivity index (χ3n) is 2.64. The van der Waals surface area contributed by atoms with E-state index in [1.165, 1.54) is 17.4 Å². The van der Waals surface area contributed by atoms with E-state index in [9.17, 15) is 4.79 Å². The topological polar surface area (TPSA) is 49.3 Å². The van der Waals surface area contributed by atoms with E-state index in [1.54, 1.807) is 0 Å². The maximum absolute atomic E-state index is 11.5. The number of amides is 1. The summed E-state index contributed by atoms with van der Waals surface area (Å²) in [4.78, 5) is 15.5. The van der Waals surface area contributed by atoms with Crippen molar-refractivity contribution < 1.29 is 4.79 Å². The number of anilines is 1. The molecule has 0 N–H and O–H groups in total. The number of carbonyl (C=O) groups is 1. The summed E-state index contributed by atoms with van der Waals surface area (Å²) in [6.45, 7) is 6.70. The third kappa shape index (κ3) is 3.04. The zero-order chi connectivity index (χ0) is 12.3. The molecule has 1 aliphatic rings. The van der Waals surface area contributed by atoms with Crippen molar-refractivity contribution in [3.05, 3.63) is 16.6 Å².